The summed E-state index contributed by atoms with van der Waals surface area (Å²) in [6, 6.07) is 11.4. The molecule has 1 saturated heterocycles. The summed E-state index contributed by atoms with van der Waals surface area (Å²) in [7, 11) is -3.83. The number of likely N-dealkylation sites (tertiary alicyclic amines) is 1. The fourth-order valence-electron chi connectivity index (χ4n) is 4.60. The Labute approximate surface area is 183 Å². The number of anilines is 1. The minimum Gasteiger partial charge on any atom is -0.342 e. The third-order valence-electron chi connectivity index (χ3n) is 5.94. The van der Waals surface area contributed by atoms with Crippen LogP contribution in [0.3, 0.4) is 0 Å². The standard InChI is InChI=1S/C23H29N3O4S/c1-23(2,3)12-21(27)25-13-16-11-17(15-25)20-10-9-19(22(28)26(20)14-16)24-31(29,30)18-7-5-4-6-8-18/h4-10,16-17,24H,11-15H2,1-3H3. The number of aromatic nitrogens is 1. The van der Waals surface area contributed by atoms with Gasteiger partial charge in [0.15, 0.2) is 0 Å². The monoisotopic (exact) mass is 443 g/mol. The first-order chi connectivity index (χ1) is 14.5. The highest BCUT2D eigenvalue weighted by Crippen LogP contribution is 2.36. The number of hydrogen-bond donors (Lipinski definition) is 1. The summed E-state index contributed by atoms with van der Waals surface area (Å²) in [5.41, 5.74) is 0.523. The topological polar surface area (TPSA) is 88.5 Å². The summed E-state index contributed by atoms with van der Waals surface area (Å²) >= 11 is 0. The van der Waals surface area contributed by atoms with Gasteiger partial charge in [-0.2, -0.15) is 0 Å². The number of fused-ring (bicyclic) bond motifs is 4. The smallest absolute Gasteiger partial charge is 0.275 e. The van der Waals surface area contributed by atoms with E-state index in [0.29, 0.717) is 26.1 Å². The van der Waals surface area contributed by atoms with Crippen molar-refractivity contribution in [3.8, 4) is 0 Å². The second kappa shape index (κ2) is 7.82. The molecule has 0 aliphatic carbocycles. The molecule has 8 heteroatoms. The first-order valence-electron chi connectivity index (χ1n) is 10.6. The Morgan fingerprint density at radius 1 is 1.06 bits per heavy atom. The number of nitrogens with zero attached hydrogens (tertiary/aromatic N) is 2. The number of benzene rings is 1. The average Bonchev–Trinajstić information content (AvgIpc) is 2.69. The van der Waals surface area contributed by atoms with Gasteiger partial charge >= 0.3 is 0 Å². The number of carbonyl (C=O) groups is 1. The van der Waals surface area contributed by atoms with Crippen molar-refractivity contribution in [1.82, 2.24) is 9.47 Å². The number of amides is 1. The van der Waals surface area contributed by atoms with Crippen LogP contribution in [0.15, 0.2) is 52.2 Å². The quantitative estimate of drug-likeness (QED) is 0.787. The molecule has 0 spiro atoms. The Morgan fingerprint density at radius 2 is 1.77 bits per heavy atom. The summed E-state index contributed by atoms with van der Waals surface area (Å²) in [4.78, 5) is 27.9. The van der Waals surface area contributed by atoms with Crippen LogP contribution in [-0.4, -0.2) is 36.9 Å². The lowest BCUT2D eigenvalue weighted by atomic mass is 9.82. The molecular formula is C23H29N3O4S. The van der Waals surface area contributed by atoms with Gasteiger partial charge < -0.3 is 9.47 Å². The number of nitrogens with one attached hydrogen (secondary N) is 1. The summed E-state index contributed by atoms with van der Waals surface area (Å²) in [6.07, 6.45) is 1.44. The van der Waals surface area contributed by atoms with Gasteiger partial charge in [-0.25, -0.2) is 8.42 Å². The van der Waals surface area contributed by atoms with Gasteiger partial charge in [0, 0.05) is 37.7 Å². The molecule has 166 valence electrons. The second-order valence-corrected chi connectivity index (χ2v) is 11.5. The molecule has 4 rings (SSSR count). The molecule has 1 N–H and O–H groups in total. The third kappa shape index (κ3) is 4.54. The van der Waals surface area contributed by atoms with Crippen LogP contribution in [0.2, 0.25) is 0 Å². The largest absolute Gasteiger partial charge is 0.342 e. The lowest BCUT2D eigenvalue weighted by Crippen LogP contribution is -2.49. The maximum Gasteiger partial charge on any atom is 0.275 e. The van der Waals surface area contributed by atoms with E-state index in [1.54, 1.807) is 28.8 Å². The zero-order valence-electron chi connectivity index (χ0n) is 18.2. The molecule has 31 heavy (non-hydrogen) atoms. The van der Waals surface area contributed by atoms with Gasteiger partial charge in [-0.1, -0.05) is 39.0 Å². The van der Waals surface area contributed by atoms with E-state index >= 15 is 0 Å². The number of piperidine rings is 1. The average molecular weight is 444 g/mol. The summed E-state index contributed by atoms with van der Waals surface area (Å²) < 4.78 is 29.4. The van der Waals surface area contributed by atoms with Crippen molar-refractivity contribution < 1.29 is 13.2 Å². The molecule has 7 nitrogen and oxygen atoms in total. The zero-order valence-corrected chi connectivity index (χ0v) is 19.0. The van der Waals surface area contributed by atoms with Crippen molar-refractivity contribution in [2.75, 3.05) is 17.8 Å². The lowest BCUT2D eigenvalue weighted by molar-refractivity contribution is -0.135. The van der Waals surface area contributed by atoms with Gasteiger partial charge in [0.1, 0.15) is 5.69 Å². The molecule has 3 heterocycles. The molecular weight excluding hydrogens is 414 g/mol. The van der Waals surface area contributed by atoms with Crippen LogP contribution in [0.4, 0.5) is 5.69 Å². The van der Waals surface area contributed by atoms with Crippen LogP contribution in [0.25, 0.3) is 0 Å². The number of sulfonamides is 1. The van der Waals surface area contributed by atoms with Crippen molar-refractivity contribution in [3.63, 3.8) is 0 Å². The molecule has 2 bridgehead atoms. The highest BCUT2D eigenvalue weighted by molar-refractivity contribution is 7.92. The highest BCUT2D eigenvalue weighted by Gasteiger charge is 2.37. The first-order valence-corrected chi connectivity index (χ1v) is 12.1. The molecule has 2 aliphatic rings. The number of pyridine rings is 1. The SMILES string of the molecule is CC(C)(C)CC(=O)N1CC2CC(C1)c1ccc(NS(=O)(=O)c3ccccc3)c(=O)n1C2. The Morgan fingerprint density at radius 3 is 2.45 bits per heavy atom. The van der Waals surface area contributed by atoms with Crippen molar-refractivity contribution >= 4 is 21.6 Å². The van der Waals surface area contributed by atoms with Crippen LogP contribution in [0.1, 0.15) is 45.2 Å². The Balaban J connectivity index is 1.58. The summed E-state index contributed by atoms with van der Waals surface area (Å²) in [5, 5.41) is 0. The molecule has 1 aromatic carbocycles. The normalized spacial score (nSPS) is 20.8. The molecule has 1 amide bonds. The van der Waals surface area contributed by atoms with Gasteiger partial charge in [-0.05, 0) is 42.0 Å². The molecule has 2 aliphatic heterocycles. The van der Waals surface area contributed by atoms with Crippen molar-refractivity contribution in [2.24, 2.45) is 11.3 Å². The molecule has 1 fully saturated rings. The Bertz CT molecular complexity index is 1150. The van der Waals surface area contributed by atoms with Crippen molar-refractivity contribution in [1.29, 1.82) is 0 Å². The predicted octanol–water partition coefficient (Wildman–Crippen LogP) is 3.03. The fraction of sp³-hybridized carbons (Fsp3) is 0.478. The third-order valence-corrected chi connectivity index (χ3v) is 7.32. The maximum absolute atomic E-state index is 13.1. The summed E-state index contributed by atoms with van der Waals surface area (Å²) in [6.45, 7) is 7.90. The molecule has 0 radical (unpaired) electrons. The predicted molar refractivity (Wildman–Crippen MR) is 119 cm³/mol. The minimum absolute atomic E-state index is 0.0493. The molecule has 2 atom stereocenters. The number of hydrogen-bond acceptors (Lipinski definition) is 4. The maximum atomic E-state index is 13.1. The van der Waals surface area contributed by atoms with Crippen molar-refractivity contribution in [3.05, 3.63) is 58.5 Å². The van der Waals surface area contributed by atoms with Gasteiger partial charge in [-0.15, -0.1) is 0 Å². The minimum atomic E-state index is -3.83. The van der Waals surface area contributed by atoms with E-state index in [2.05, 4.69) is 25.5 Å². The van der Waals surface area contributed by atoms with Crippen LogP contribution in [0.5, 0.6) is 0 Å². The molecule has 2 aromatic rings. The molecule has 1 aromatic heterocycles. The highest BCUT2D eigenvalue weighted by atomic mass is 32.2. The van der Waals surface area contributed by atoms with Crippen LogP contribution < -0.4 is 10.3 Å². The van der Waals surface area contributed by atoms with Crippen molar-refractivity contribution in [2.45, 2.75) is 51.0 Å². The Hall–Kier alpha value is -2.61. The van der Waals surface area contributed by atoms with E-state index in [9.17, 15) is 18.0 Å². The Kier molecular flexibility index (Phi) is 5.45. The van der Waals surface area contributed by atoms with E-state index in [-0.39, 0.29) is 39.3 Å². The first kappa shape index (κ1) is 21.6. The van der Waals surface area contributed by atoms with Gasteiger partial charge in [0.2, 0.25) is 5.91 Å². The summed E-state index contributed by atoms with van der Waals surface area (Å²) in [5.74, 6) is 0.433. The van der Waals surface area contributed by atoms with E-state index < -0.39 is 10.0 Å². The number of rotatable bonds is 4. The zero-order chi connectivity index (χ0) is 22.4. The van der Waals surface area contributed by atoms with E-state index in [0.717, 1.165) is 12.1 Å². The van der Waals surface area contributed by atoms with Crippen LogP contribution >= 0.6 is 0 Å². The van der Waals surface area contributed by atoms with Gasteiger partial charge in [0.05, 0.1) is 4.90 Å². The van der Waals surface area contributed by atoms with Crippen LogP contribution in [-0.2, 0) is 21.4 Å². The second-order valence-electron chi connectivity index (χ2n) is 9.84. The van der Waals surface area contributed by atoms with E-state index in [1.165, 1.54) is 12.1 Å². The van der Waals surface area contributed by atoms with Crippen LogP contribution in [0, 0.1) is 11.3 Å². The number of carbonyl (C=O) groups excluding carboxylic acids is 1. The lowest BCUT2D eigenvalue weighted by Gasteiger charge is -2.43. The fourth-order valence-corrected chi connectivity index (χ4v) is 5.67. The van der Waals surface area contributed by atoms with E-state index in [4.69, 9.17) is 0 Å². The molecule has 2 unspecified atom stereocenters. The van der Waals surface area contributed by atoms with E-state index in [1.807, 2.05) is 11.0 Å². The van der Waals surface area contributed by atoms with Gasteiger partial charge in [-0.3, -0.25) is 14.3 Å². The van der Waals surface area contributed by atoms with Gasteiger partial charge in [0.25, 0.3) is 15.6 Å². The molecule has 0 saturated carbocycles.